The Bertz CT molecular complexity index is 834. The fourth-order valence-corrected chi connectivity index (χ4v) is 2.95. The molecule has 0 N–H and O–H groups in total. The van der Waals surface area contributed by atoms with E-state index in [2.05, 4.69) is 4.98 Å². The number of carbonyl (C=O) groups excluding carboxylic acids is 1. The Morgan fingerprint density at radius 1 is 1.17 bits per heavy atom. The van der Waals surface area contributed by atoms with Gasteiger partial charge in [-0.15, -0.1) is 11.3 Å². The third-order valence-electron chi connectivity index (χ3n) is 3.18. The van der Waals surface area contributed by atoms with Crippen LogP contribution >= 0.6 is 11.3 Å². The Kier molecular flexibility index (Phi) is 4.39. The van der Waals surface area contributed by atoms with Gasteiger partial charge in [-0.05, 0) is 44.2 Å². The lowest BCUT2D eigenvalue weighted by Gasteiger charge is -2.18. The molecule has 0 saturated carbocycles. The molecule has 2 heterocycles. The van der Waals surface area contributed by atoms with E-state index < -0.39 is 0 Å². The molecule has 0 fully saturated rings. The SMILES string of the molecule is Cc1csc(N(C(=O)/C=C/c2ccc(C)o2)c2ccccc2)n1. The highest BCUT2D eigenvalue weighted by Crippen LogP contribution is 2.28. The smallest absolute Gasteiger partial charge is 0.257 e. The highest BCUT2D eigenvalue weighted by molar-refractivity contribution is 7.14. The van der Waals surface area contributed by atoms with Gasteiger partial charge in [0.2, 0.25) is 0 Å². The highest BCUT2D eigenvalue weighted by atomic mass is 32.1. The lowest BCUT2D eigenvalue weighted by molar-refractivity contribution is -0.113. The first-order chi connectivity index (χ1) is 11.1. The van der Waals surface area contributed by atoms with E-state index in [9.17, 15) is 4.79 Å². The van der Waals surface area contributed by atoms with Gasteiger partial charge < -0.3 is 4.42 Å². The summed E-state index contributed by atoms with van der Waals surface area (Å²) < 4.78 is 5.46. The maximum Gasteiger partial charge on any atom is 0.257 e. The van der Waals surface area contributed by atoms with Crippen LogP contribution in [0.5, 0.6) is 0 Å². The number of benzene rings is 1. The number of anilines is 2. The second-order valence-electron chi connectivity index (χ2n) is 5.06. The average Bonchev–Trinajstić information content (AvgIpc) is 3.15. The molecule has 0 unspecified atom stereocenters. The Labute approximate surface area is 138 Å². The van der Waals surface area contributed by atoms with Gasteiger partial charge in [-0.1, -0.05) is 18.2 Å². The van der Waals surface area contributed by atoms with Gasteiger partial charge in [0.05, 0.1) is 11.4 Å². The van der Waals surface area contributed by atoms with Crippen molar-refractivity contribution < 1.29 is 9.21 Å². The average molecular weight is 324 g/mol. The van der Waals surface area contributed by atoms with Gasteiger partial charge in [-0.3, -0.25) is 9.69 Å². The molecule has 3 aromatic rings. The van der Waals surface area contributed by atoms with Crippen LogP contribution in [-0.4, -0.2) is 10.9 Å². The summed E-state index contributed by atoms with van der Waals surface area (Å²) in [6.45, 7) is 3.78. The van der Waals surface area contributed by atoms with Crippen molar-refractivity contribution in [3.63, 3.8) is 0 Å². The van der Waals surface area contributed by atoms with Gasteiger partial charge in [0.1, 0.15) is 11.5 Å². The maximum absolute atomic E-state index is 12.7. The topological polar surface area (TPSA) is 46.3 Å². The van der Waals surface area contributed by atoms with E-state index in [1.54, 1.807) is 11.0 Å². The van der Waals surface area contributed by atoms with Crippen molar-refractivity contribution in [2.45, 2.75) is 13.8 Å². The summed E-state index contributed by atoms with van der Waals surface area (Å²) >= 11 is 1.44. The molecule has 0 bridgehead atoms. The monoisotopic (exact) mass is 324 g/mol. The number of furan rings is 1. The first-order valence-electron chi connectivity index (χ1n) is 7.19. The van der Waals surface area contributed by atoms with Crippen molar-refractivity contribution in [2.75, 3.05) is 4.90 Å². The summed E-state index contributed by atoms with van der Waals surface area (Å²) in [5.41, 5.74) is 1.68. The van der Waals surface area contributed by atoms with Gasteiger partial charge in [0.25, 0.3) is 5.91 Å². The molecule has 3 rings (SSSR count). The van der Waals surface area contributed by atoms with E-state index in [0.717, 1.165) is 17.1 Å². The van der Waals surface area contributed by atoms with Gasteiger partial charge >= 0.3 is 0 Å². The summed E-state index contributed by atoms with van der Waals surface area (Å²) in [6, 6.07) is 13.2. The number of para-hydroxylation sites is 1. The minimum absolute atomic E-state index is 0.167. The van der Waals surface area contributed by atoms with Crippen molar-refractivity contribution in [3.05, 3.63) is 71.1 Å². The van der Waals surface area contributed by atoms with Crippen molar-refractivity contribution >= 4 is 34.1 Å². The molecule has 0 saturated heterocycles. The molecule has 0 aliphatic rings. The second-order valence-corrected chi connectivity index (χ2v) is 5.90. The number of aromatic nitrogens is 1. The molecule has 0 spiro atoms. The zero-order chi connectivity index (χ0) is 16.2. The van der Waals surface area contributed by atoms with Crippen molar-refractivity contribution in [2.24, 2.45) is 0 Å². The number of amides is 1. The fraction of sp³-hybridized carbons (Fsp3) is 0.111. The highest BCUT2D eigenvalue weighted by Gasteiger charge is 2.18. The summed E-state index contributed by atoms with van der Waals surface area (Å²) in [7, 11) is 0. The van der Waals surface area contributed by atoms with E-state index >= 15 is 0 Å². The van der Waals surface area contributed by atoms with Crippen LogP contribution in [0.25, 0.3) is 6.08 Å². The number of hydrogen-bond acceptors (Lipinski definition) is 4. The zero-order valence-corrected chi connectivity index (χ0v) is 13.7. The summed E-state index contributed by atoms with van der Waals surface area (Å²) in [6.07, 6.45) is 3.17. The zero-order valence-electron chi connectivity index (χ0n) is 12.9. The quantitative estimate of drug-likeness (QED) is 0.652. The Morgan fingerprint density at radius 3 is 2.57 bits per heavy atom. The van der Waals surface area contributed by atoms with Crippen LogP contribution in [0.2, 0.25) is 0 Å². The molecule has 0 aliphatic carbocycles. The summed E-state index contributed by atoms with van der Waals surface area (Å²) in [4.78, 5) is 18.7. The van der Waals surface area contributed by atoms with Crippen molar-refractivity contribution in [1.29, 1.82) is 0 Å². The molecule has 1 amide bonds. The van der Waals surface area contributed by atoms with Crippen LogP contribution in [0.1, 0.15) is 17.2 Å². The fourth-order valence-electron chi connectivity index (χ4n) is 2.12. The molecule has 2 aromatic heterocycles. The maximum atomic E-state index is 12.7. The van der Waals surface area contributed by atoms with Crippen molar-refractivity contribution in [3.8, 4) is 0 Å². The van der Waals surface area contributed by atoms with Crippen LogP contribution < -0.4 is 4.90 Å². The number of hydrogen-bond donors (Lipinski definition) is 0. The van der Waals surface area contributed by atoms with E-state index in [1.807, 2.05) is 61.7 Å². The van der Waals surface area contributed by atoms with E-state index in [1.165, 1.54) is 17.4 Å². The molecule has 1 aromatic carbocycles. The Balaban J connectivity index is 1.92. The van der Waals surface area contributed by atoms with Crippen molar-refractivity contribution in [1.82, 2.24) is 4.98 Å². The lowest BCUT2D eigenvalue weighted by atomic mass is 10.3. The summed E-state index contributed by atoms with van der Waals surface area (Å²) in [5, 5.41) is 2.58. The van der Waals surface area contributed by atoms with E-state index in [0.29, 0.717) is 10.9 Å². The third-order valence-corrected chi connectivity index (χ3v) is 4.13. The normalized spacial score (nSPS) is 11.0. The van der Waals surface area contributed by atoms with Gasteiger partial charge in [-0.25, -0.2) is 4.98 Å². The molecule has 5 heteroatoms. The number of carbonyl (C=O) groups is 1. The first-order valence-corrected chi connectivity index (χ1v) is 8.07. The number of aryl methyl sites for hydroxylation is 2. The van der Waals surface area contributed by atoms with Gasteiger partial charge in [0, 0.05) is 11.5 Å². The largest absolute Gasteiger partial charge is 0.462 e. The third kappa shape index (κ3) is 3.57. The predicted molar refractivity (Wildman–Crippen MR) is 92.9 cm³/mol. The minimum Gasteiger partial charge on any atom is -0.462 e. The van der Waals surface area contributed by atoms with Crippen LogP contribution in [0.15, 0.2) is 58.3 Å². The summed E-state index contributed by atoms with van der Waals surface area (Å²) in [5.74, 6) is 1.30. The van der Waals surface area contributed by atoms with Crippen LogP contribution in [0.4, 0.5) is 10.8 Å². The van der Waals surface area contributed by atoms with Crippen LogP contribution in [0, 0.1) is 13.8 Å². The molecule has 0 atom stereocenters. The number of thiazole rings is 1. The van der Waals surface area contributed by atoms with Gasteiger partial charge in [-0.2, -0.15) is 0 Å². The molecule has 0 radical (unpaired) electrons. The van der Waals surface area contributed by atoms with Gasteiger partial charge in [0.15, 0.2) is 5.13 Å². The number of rotatable bonds is 4. The van der Waals surface area contributed by atoms with E-state index in [4.69, 9.17) is 4.42 Å². The standard InChI is InChI=1S/C18H16N2O2S/c1-13-12-23-18(19-13)20(15-6-4-3-5-7-15)17(21)11-10-16-9-8-14(2)22-16/h3-12H,1-2H3/b11-10+. The predicted octanol–water partition coefficient (Wildman–Crippen LogP) is 4.73. The molecule has 23 heavy (non-hydrogen) atoms. The first kappa shape index (κ1) is 15.2. The Morgan fingerprint density at radius 2 is 1.96 bits per heavy atom. The molecular weight excluding hydrogens is 308 g/mol. The molecular formula is C18H16N2O2S. The molecule has 0 aliphatic heterocycles. The molecule has 116 valence electrons. The molecule has 4 nitrogen and oxygen atoms in total. The van der Waals surface area contributed by atoms with E-state index in [-0.39, 0.29) is 5.91 Å². The minimum atomic E-state index is -0.167. The number of nitrogens with zero attached hydrogens (tertiary/aromatic N) is 2. The second kappa shape index (κ2) is 6.62. The Hall–Kier alpha value is -2.66. The van der Waals surface area contributed by atoms with Crippen LogP contribution in [0.3, 0.4) is 0 Å². The van der Waals surface area contributed by atoms with Crippen LogP contribution in [-0.2, 0) is 4.79 Å². The lowest BCUT2D eigenvalue weighted by Crippen LogP contribution is -2.23.